The van der Waals surface area contributed by atoms with Crippen LogP contribution in [0.3, 0.4) is 0 Å². The fraction of sp³-hybridized carbons (Fsp3) is 0.316. The molecule has 2 aromatic rings. The van der Waals surface area contributed by atoms with E-state index in [0.717, 1.165) is 38.3 Å². The second kappa shape index (κ2) is 7.66. The van der Waals surface area contributed by atoms with E-state index < -0.39 is 0 Å². The largest absolute Gasteiger partial charge is 0.304 e. The lowest BCUT2D eigenvalue weighted by atomic mass is 10.0. The Kier molecular flexibility index (Phi) is 5.57. The van der Waals surface area contributed by atoms with Gasteiger partial charge in [-0.15, -0.1) is 0 Å². The first kappa shape index (κ1) is 17.4. The molecule has 0 N–H and O–H groups in total. The SMILES string of the molecule is CN1CCN(Cc2cccc(C(=O)c3cccc(Cl)c3Cl)c2)CC1. The van der Waals surface area contributed by atoms with Crippen molar-refractivity contribution in [1.29, 1.82) is 0 Å². The van der Waals surface area contributed by atoms with Gasteiger partial charge in [-0.1, -0.05) is 47.5 Å². The highest BCUT2D eigenvalue weighted by Gasteiger charge is 2.17. The number of ketones is 1. The predicted octanol–water partition coefficient (Wildman–Crippen LogP) is 3.97. The van der Waals surface area contributed by atoms with Gasteiger partial charge in [-0.2, -0.15) is 0 Å². The van der Waals surface area contributed by atoms with Gasteiger partial charge in [-0.25, -0.2) is 0 Å². The Morgan fingerprint density at radius 3 is 2.50 bits per heavy atom. The van der Waals surface area contributed by atoms with Gasteiger partial charge in [0.25, 0.3) is 0 Å². The molecule has 0 amide bonds. The van der Waals surface area contributed by atoms with Crippen molar-refractivity contribution in [3.63, 3.8) is 0 Å². The van der Waals surface area contributed by atoms with Crippen LogP contribution in [0.2, 0.25) is 10.0 Å². The van der Waals surface area contributed by atoms with Crippen molar-refractivity contribution in [3.05, 3.63) is 69.2 Å². The van der Waals surface area contributed by atoms with Gasteiger partial charge in [0.15, 0.2) is 5.78 Å². The maximum absolute atomic E-state index is 12.7. The molecule has 1 heterocycles. The van der Waals surface area contributed by atoms with Crippen LogP contribution in [-0.4, -0.2) is 48.8 Å². The summed E-state index contributed by atoms with van der Waals surface area (Å²) in [6.07, 6.45) is 0. The fourth-order valence-corrected chi connectivity index (χ4v) is 3.30. The van der Waals surface area contributed by atoms with Crippen molar-refractivity contribution in [2.24, 2.45) is 0 Å². The lowest BCUT2D eigenvalue weighted by molar-refractivity contribution is 0.103. The van der Waals surface area contributed by atoms with Crippen molar-refractivity contribution in [3.8, 4) is 0 Å². The van der Waals surface area contributed by atoms with Gasteiger partial charge < -0.3 is 4.90 Å². The summed E-state index contributed by atoms with van der Waals surface area (Å²) in [6, 6.07) is 12.9. The van der Waals surface area contributed by atoms with Crippen LogP contribution in [0.4, 0.5) is 0 Å². The lowest BCUT2D eigenvalue weighted by Gasteiger charge is -2.32. The third-order valence-electron chi connectivity index (χ3n) is 4.39. The fourth-order valence-electron chi connectivity index (χ4n) is 2.91. The first-order valence-corrected chi connectivity index (χ1v) is 8.79. The molecule has 0 aliphatic carbocycles. The van der Waals surface area contributed by atoms with E-state index >= 15 is 0 Å². The second-order valence-electron chi connectivity index (χ2n) is 6.21. The Balaban J connectivity index is 1.77. The van der Waals surface area contributed by atoms with Gasteiger partial charge in [0.1, 0.15) is 0 Å². The van der Waals surface area contributed by atoms with Gasteiger partial charge in [0, 0.05) is 43.9 Å². The van der Waals surface area contributed by atoms with Crippen LogP contribution in [0.25, 0.3) is 0 Å². The highest BCUT2D eigenvalue weighted by atomic mass is 35.5. The zero-order chi connectivity index (χ0) is 17.1. The standard InChI is InChI=1S/C19H20Cl2N2O/c1-22-8-10-23(11-9-22)13-14-4-2-5-15(12-14)19(24)16-6-3-7-17(20)18(16)21/h2-7,12H,8-11,13H2,1H3. The number of nitrogens with zero attached hydrogens (tertiary/aromatic N) is 2. The van der Waals surface area contributed by atoms with E-state index in [0.29, 0.717) is 21.2 Å². The summed E-state index contributed by atoms with van der Waals surface area (Å²) in [5.41, 5.74) is 2.23. The molecule has 1 fully saturated rings. The average Bonchev–Trinajstić information content (AvgIpc) is 2.59. The summed E-state index contributed by atoms with van der Waals surface area (Å²) in [6.45, 7) is 5.12. The molecule has 0 bridgehead atoms. The summed E-state index contributed by atoms with van der Waals surface area (Å²) in [5, 5.41) is 0.713. The average molecular weight is 363 g/mol. The van der Waals surface area contributed by atoms with Crippen molar-refractivity contribution in [2.45, 2.75) is 6.54 Å². The first-order valence-electron chi connectivity index (χ1n) is 8.03. The van der Waals surface area contributed by atoms with Crippen molar-refractivity contribution < 1.29 is 4.79 Å². The predicted molar refractivity (Wildman–Crippen MR) is 99.1 cm³/mol. The van der Waals surface area contributed by atoms with Gasteiger partial charge in [0.05, 0.1) is 10.0 Å². The van der Waals surface area contributed by atoms with E-state index in [1.165, 1.54) is 0 Å². The van der Waals surface area contributed by atoms with Crippen LogP contribution < -0.4 is 0 Å². The number of benzene rings is 2. The third-order valence-corrected chi connectivity index (χ3v) is 5.21. The van der Waals surface area contributed by atoms with Gasteiger partial charge in [-0.05, 0) is 30.8 Å². The summed E-state index contributed by atoms with van der Waals surface area (Å²) in [5.74, 6) is -0.0947. The zero-order valence-electron chi connectivity index (χ0n) is 13.6. The van der Waals surface area contributed by atoms with Crippen molar-refractivity contribution in [1.82, 2.24) is 9.80 Å². The Morgan fingerprint density at radius 2 is 1.75 bits per heavy atom. The summed E-state index contributed by atoms with van der Waals surface area (Å²) in [4.78, 5) is 17.5. The van der Waals surface area contributed by atoms with Crippen LogP contribution in [-0.2, 0) is 6.54 Å². The molecule has 126 valence electrons. The molecular formula is C19H20Cl2N2O. The Morgan fingerprint density at radius 1 is 1.04 bits per heavy atom. The third kappa shape index (κ3) is 3.98. The van der Waals surface area contributed by atoms with Gasteiger partial charge in [-0.3, -0.25) is 9.69 Å². The highest BCUT2D eigenvalue weighted by molar-refractivity contribution is 6.44. The lowest BCUT2D eigenvalue weighted by Crippen LogP contribution is -2.43. The van der Waals surface area contributed by atoms with E-state index in [2.05, 4.69) is 22.9 Å². The Labute approximate surface area is 152 Å². The van der Waals surface area contributed by atoms with Crippen LogP contribution in [0, 0.1) is 0 Å². The summed E-state index contributed by atoms with van der Waals surface area (Å²) < 4.78 is 0. The minimum atomic E-state index is -0.0947. The number of carbonyl (C=O) groups is 1. The molecule has 1 aliphatic heterocycles. The minimum Gasteiger partial charge on any atom is -0.304 e. The van der Waals surface area contributed by atoms with Gasteiger partial charge >= 0.3 is 0 Å². The molecule has 0 aromatic heterocycles. The zero-order valence-corrected chi connectivity index (χ0v) is 15.1. The molecule has 0 unspecified atom stereocenters. The molecule has 0 radical (unpaired) electrons. The van der Waals surface area contributed by atoms with Crippen LogP contribution in [0.5, 0.6) is 0 Å². The van der Waals surface area contributed by atoms with E-state index in [4.69, 9.17) is 23.2 Å². The maximum Gasteiger partial charge on any atom is 0.194 e. The molecule has 3 nitrogen and oxygen atoms in total. The molecule has 1 aliphatic rings. The molecule has 2 aromatic carbocycles. The summed E-state index contributed by atoms with van der Waals surface area (Å²) in [7, 11) is 2.14. The maximum atomic E-state index is 12.7. The minimum absolute atomic E-state index is 0.0947. The monoisotopic (exact) mass is 362 g/mol. The normalized spacial score (nSPS) is 16.3. The number of carbonyl (C=O) groups excluding carboxylic acids is 1. The van der Waals surface area contributed by atoms with Crippen LogP contribution in [0.15, 0.2) is 42.5 Å². The van der Waals surface area contributed by atoms with E-state index in [-0.39, 0.29) is 5.78 Å². The molecule has 24 heavy (non-hydrogen) atoms. The molecule has 5 heteroatoms. The molecule has 1 saturated heterocycles. The van der Waals surface area contributed by atoms with Crippen LogP contribution >= 0.6 is 23.2 Å². The van der Waals surface area contributed by atoms with Gasteiger partial charge in [0.2, 0.25) is 0 Å². The van der Waals surface area contributed by atoms with E-state index in [9.17, 15) is 4.79 Å². The van der Waals surface area contributed by atoms with E-state index in [1.54, 1.807) is 18.2 Å². The topological polar surface area (TPSA) is 23.6 Å². The van der Waals surface area contributed by atoms with Crippen molar-refractivity contribution in [2.75, 3.05) is 33.2 Å². The number of halogens is 2. The quantitative estimate of drug-likeness (QED) is 0.768. The molecule has 0 spiro atoms. The molecular weight excluding hydrogens is 343 g/mol. The second-order valence-corrected chi connectivity index (χ2v) is 7.00. The Hall–Kier alpha value is -1.39. The number of piperazine rings is 1. The molecule has 0 saturated carbocycles. The first-order chi connectivity index (χ1) is 11.5. The number of hydrogen-bond donors (Lipinski definition) is 0. The van der Waals surface area contributed by atoms with Crippen LogP contribution in [0.1, 0.15) is 21.5 Å². The smallest absolute Gasteiger partial charge is 0.194 e. The summed E-state index contributed by atoms with van der Waals surface area (Å²) >= 11 is 12.2. The number of likely N-dealkylation sites (N-methyl/N-ethyl adjacent to an activating group) is 1. The molecule has 0 atom stereocenters. The number of hydrogen-bond acceptors (Lipinski definition) is 3. The highest BCUT2D eigenvalue weighted by Crippen LogP contribution is 2.27. The van der Waals surface area contributed by atoms with E-state index in [1.807, 2.05) is 18.2 Å². The Bertz CT molecular complexity index is 740. The number of rotatable bonds is 4. The van der Waals surface area contributed by atoms with Crippen molar-refractivity contribution >= 4 is 29.0 Å². The molecule has 3 rings (SSSR count).